The Bertz CT molecular complexity index is 1840. The summed E-state index contributed by atoms with van der Waals surface area (Å²) in [7, 11) is 2.93. The number of ether oxygens (including phenoxy) is 4. The third-order valence-corrected chi connectivity index (χ3v) is 6.21. The van der Waals surface area contributed by atoms with E-state index in [2.05, 4.69) is 20.3 Å². The molecule has 0 bridgehead atoms. The van der Waals surface area contributed by atoms with Crippen LogP contribution in [0.25, 0.3) is 16.9 Å². The molecule has 0 radical (unpaired) electrons. The molecule has 5 rings (SSSR count). The molecule has 0 unspecified atom stereocenters. The summed E-state index contributed by atoms with van der Waals surface area (Å²) in [4.78, 5) is 39.2. The fourth-order valence-corrected chi connectivity index (χ4v) is 4.21. The predicted octanol–water partition coefficient (Wildman–Crippen LogP) is 5.08. The van der Waals surface area contributed by atoms with Crippen LogP contribution in [0.4, 0.5) is 10.1 Å². The zero-order valence-electron chi connectivity index (χ0n) is 23.2. The van der Waals surface area contributed by atoms with Crippen molar-refractivity contribution >= 4 is 22.6 Å². The second-order valence-corrected chi connectivity index (χ2v) is 8.89. The van der Waals surface area contributed by atoms with Crippen molar-refractivity contribution in [2.24, 2.45) is 0 Å². The molecule has 5 aromatic rings. The van der Waals surface area contributed by atoms with Crippen LogP contribution >= 0.6 is 0 Å². The van der Waals surface area contributed by atoms with Crippen molar-refractivity contribution in [3.8, 4) is 34.7 Å². The summed E-state index contributed by atoms with van der Waals surface area (Å²) in [6, 6.07) is 13.4. The Hall–Kier alpha value is -5.52. The highest BCUT2D eigenvalue weighted by Gasteiger charge is 2.18. The number of hydrogen-bond donors (Lipinski definition) is 1. The van der Waals surface area contributed by atoms with Crippen LogP contribution in [0.1, 0.15) is 23.0 Å². The van der Waals surface area contributed by atoms with Crippen LogP contribution in [0.2, 0.25) is 0 Å². The molecule has 0 aliphatic rings. The van der Waals surface area contributed by atoms with Crippen molar-refractivity contribution < 1.29 is 28.1 Å². The van der Waals surface area contributed by atoms with E-state index < -0.39 is 17.3 Å². The lowest BCUT2D eigenvalue weighted by Crippen LogP contribution is -2.29. The maximum absolute atomic E-state index is 15.1. The first-order valence-corrected chi connectivity index (χ1v) is 12.8. The Balaban J connectivity index is 1.38. The Morgan fingerprint density at radius 1 is 0.976 bits per heavy atom. The lowest BCUT2D eigenvalue weighted by molar-refractivity contribution is 0.102. The highest BCUT2D eigenvalue weighted by atomic mass is 19.1. The van der Waals surface area contributed by atoms with Gasteiger partial charge in [-0.25, -0.2) is 14.4 Å². The van der Waals surface area contributed by atoms with Crippen LogP contribution in [-0.2, 0) is 0 Å². The van der Waals surface area contributed by atoms with Crippen LogP contribution in [-0.4, -0.2) is 46.3 Å². The number of pyridine rings is 4. The number of fused-ring (bicyclic) bond motifs is 1. The molecular formula is C30H26FN5O6. The molecule has 1 aromatic carbocycles. The number of carbonyl (C=O) groups excluding carboxylic acids is 1. The smallest absolute Gasteiger partial charge is 0.269 e. The third-order valence-electron chi connectivity index (χ3n) is 6.21. The molecule has 214 valence electrons. The maximum atomic E-state index is 15.1. The molecule has 0 saturated heterocycles. The van der Waals surface area contributed by atoms with Gasteiger partial charge in [0.1, 0.15) is 22.6 Å². The number of aryl methyl sites for hydroxylation is 1. The summed E-state index contributed by atoms with van der Waals surface area (Å²) in [6.07, 6.45) is 3.00. The molecule has 0 atom stereocenters. The molecule has 4 aromatic heterocycles. The molecule has 1 amide bonds. The van der Waals surface area contributed by atoms with Crippen molar-refractivity contribution in [1.29, 1.82) is 0 Å². The topological polar surface area (TPSA) is 127 Å². The second kappa shape index (κ2) is 11.9. The summed E-state index contributed by atoms with van der Waals surface area (Å²) in [6.45, 7) is 4.06. The first kappa shape index (κ1) is 28.0. The number of aromatic nitrogens is 4. The van der Waals surface area contributed by atoms with E-state index in [-0.39, 0.29) is 28.6 Å². The van der Waals surface area contributed by atoms with Gasteiger partial charge in [-0.05, 0) is 50.2 Å². The molecular weight excluding hydrogens is 545 g/mol. The molecule has 11 nitrogen and oxygen atoms in total. The zero-order chi connectivity index (χ0) is 29.8. The highest BCUT2D eigenvalue weighted by molar-refractivity contribution is 6.04. The van der Waals surface area contributed by atoms with E-state index in [1.807, 2.05) is 6.92 Å². The van der Waals surface area contributed by atoms with E-state index >= 15 is 4.39 Å². The predicted molar refractivity (Wildman–Crippen MR) is 153 cm³/mol. The fourth-order valence-electron chi connectivity index (χ4n) is 4.21. The number of carbonyl (C=O) groups is 1. The van der Waals surface area contributed by atoms with Crippen LogP contribution in [0, 0.1) is 12.7 Å². The number of anilines is 1. The van der Waals surface area contributed by atoms with Gasteiger partial charge in [-0.1, -0.05) is 0 Å². The number of nitrogens with one attached hydrogen (secondary N) is 1. The summed E-state index contributed by atoms with van der Waals surface area (Å²) in [5.41, 5.74) is 0.780. The maximum Gasteiger partial charge on any atom is 0.269 e. The molecule has 0 fully saturated rings. The van der Waals surface area contributed by atoms with Gasteiger partial charge in [0, 0.05) is 35.8 Å². The molecule has 42 heavy (non-hydrogen) atoms. The van der Waals surface area contributed by atoms with E-state index in [4.69, 9.17) is 18.9 Å². The fraction of sp³-hybridized carbons (Fsp3) is 0.167. The average Bonchev–Trinajstić information content (AvgIpc) is 2.99. The quantitative estimate of drug-likeness (QED) is 0.258. The van der Waals surface area contributed by atoms with Crippen molar-refractivity contribution in [1.82, 2.24) is 19.5 Å². The van der Waals surface area contributed by atoms with Crippen LogP contribution < -0.4 is 29.8 Å². The molecule has 0 aliphatic carbocycles. The van der Waals surface area contributed by atoms with Gasteiger partial charge in [0.25, 0.3) is 17.3 Å². The number of amides is 1. The Morgan fingerprint density at radius 3 is 2.50 bits per heavy atom. The first-order valence-electron chi connectivity index (χ1n) is 12.8. The third kappa shape index (κ3) is 5.55. The van der Waals surface area contributed by atoms with E-state index in [1.54, 1.807) is 31.2 Å². The van der Waals surface area contributed by atoms with Gasteiger partial charge >= 0.3 is 0 Å². The average molecular weight is 572 g/mol. The summed E-state index contributed by atoms with van der Waals surface area (Å²) in [5.74, 6) is 0.153. The van der Waals surface area contributed by atoms with E-state index in [9.17, 15) is 9.59 Å². The number of halogens is 1. The Morgan fingerprint density at radius 2 is 1.81 bits per heavy atom. The first-order chi connectivity index (χ1) is 20.3. The van der Waals surface area contributed by atoms with Gasteiger partial charge in [-0.15, -0.1) is 0 Å². The second-order valence-electron chi connectivity index (χ2n) is 8.89. The summed E-state index contributed by atoms with van der Waals surface area (Å²) >= 11 is 0. The van der Waals surface area contributed by atoms with Crippen molar-refractivity contribution in [2.45, 2.75) is 13.8 Å². The zero-order valence-corrected chi connectivity index (χ0v) is 23.2. The van der Waals surface area contributed by atoms with Crippen LogP contribution in [0.5, 0.6) is 28.9 Å². The highest BCUT2D eigenvalue weighted by Crippen LogP contribution is 2.35. The molecule has 0 saturated carbocycles. The number of rotatable bonds is 9. The molecule has 0 aliphatic heterocycles. The van der Waals surface area contributed by atoms with Crippen LogP contribution in [0.3, 0.4) is 0 Å². The normalized spacial score (nSPS) is 10.8. The van der Waals surface area contributed by atoms with Crippen molar-refractivity contribution in [2.75, 3.05) is 26.1 Å². The monoisotopic (exact) mass is 571 g/mol. The Labute approximate surface area is 239 Å². The minimum atomic E-state index is -0.752. The lowest BCUT2D eigenvalue weighted by atomic mass is 10.2. The largest absolute Gasteiger partial charge is 0.492 e. The van der Waals surface area contributed by atoms with E-state index in [0.717, 1.165) is 6.07 Å². The number of nitrogens with zero attached hydrogens (tertiary/aromatic N) is 4. The minimum Gasteiger partial charge on any atom is -0.492 e. The van der Waals surface area contributed by atoms with Gasteiger partial charge in [-0.3, -0.25) is 19.1 Å². The minimum absolute atomic E-state index is 0.114. The summed E-state index contributed by atoms with van der Waals surface area (Å²) < 4.78 is 38.2. The van der Waals surface area contributed by atoms with Crippen molar-refractivity contribution in [3.05, 3.63) is 94.4 Å². The lowest BCUT2D eigenvalue weighted by Gasteiger charge is -2.13. The molecule has 4 heterocycles. The standard InChI is InChI=1S/C30H26FN5O6/c1-5-41-19-8-11-26(33-16-19)36-17(2)6-9-20(30(36)38)28(37)34-18-7-10-23(21(31)14-18)42-24-12-13-32-22-15-25(39-3)29(40-4)35-27(22)24/h6-16H,5H2,1-4H3,(H,34,37). The number of hydrogen-bond acceptors (Lipinski definition) is 9. The van der Waals surface area contributed by atoms with Gasteiger partial charge in [0.2, 0.25) is 0 Å². The van der Waals surface area contributed by atoms with Crippen LogP contribution in [0.15, 0.2) is 71.8 Å². The van der Waals surface area contributed by atoms with Crippen molar-refractivity contribution in [3.63, 3.8) is 0 Å². The summed E-state index contributed by atoms with van der Waals surface area (Å²) in [5, 5.41) is 2.57. The van der Waals surface area contributed by atoms with Gasteiger partial charge in [0.15, 0.2) is 23.1 Å². The van der Waals surface area contributed by atoms with E-state index in [0.29, 0.717) is 40.7 Å². The number of benzene rings is 1. The molecule has 0 spiro atoms. The van der Waals surface area contributed by atoms with E-state index in [1.165, 1.54) is 55.4 Å². The van der Waals surface area contributed by atoms with Gasteiger partial charge < -0.3 is 24.3 Å². The molecule has 1 N–H and O–H groups in total. The SMILES string of the molecule is CCOc1ccc(-n2c(C)ccc(C(=O)Nc3ccc(Oc4ccnc5cc(OC)c(OC)nc45)c(F)c3)c2=O)nc1. The Kier molecular flexibility index (Phi) is 7.96. The number of methoxy groups -OCH3 is 2. The van der Waals surface area contributed by atoms with Gasteiger partial charge in [-0.2, -0.15) is 0 Å². The van der Waals surface area contributed by atoms with Gasteiger partial charge in [0.05, 0.1) is 32.5 Å². The molecule has 12 heteroatoms.